The molecule has 0 aliphatic rings. The summed E-state index contributed by atoms with van der Waals surface area (Å²) in [6.45, 7) is 0. The van der Waals surface area contributed by atoms with Crippen molar-refractivity contribution in [3.63, 3.8) is 0 Å². The number of hydrogen-bond donors (Lipinski definition) is 0. The molecule has 0 radical (unpaired) electrons. The van der Waals surface area contributed by atoms with Crippen LogP contribution in [-0.4, -0.2) is 15.0 Å². The van der Waals surface area contributed by atoms with Crippen molar-refractivity contribution >= 4 is 43.9 Å². The molecule has 50 heavy (non-hydrogen) atoms. The average Bonchev–Trinajstić information content (AvgIpc) is 3.76. The number of furan rings is 2. The summed E-state index contributed by atoms with van der Waals surface area (Å²) in [6.07, 6.45) is 1.85. The van der Waals surface area contributed by atoms with Gasteiger partial charge in [-0.1, -0.05) is 115 Å². The summed E-state index contributed by atoms with van der Waals surface area (Å²) in [6, 6.07) is 53.6. The van der Waals surface area contributed by atoms with Gasteiger partial charge in [-0.2, -0.15) is 0 Å². The van der Waals surface area contributed by atoms with E-state index in [4.69, 9.17) is 23.8 Å². The highest BCUT2D eigenvalue weighted by Crippen LogP contribution is 2.40. The minimum Gasteiger partial charge on any atom is -0.456 e. The van der Waals surface area contributed by atoms with Gasteiger partial charge in [0, 0.05) is 55.6 Å². The van der Waals surface area contributed by atoms with Crippen LogP contribution in [0.4, 0.5) is 0 Å². The van der Waals surface area contributed by atoms with E-state index < -0.39 is 0 Å². The zero-order valence-corrected chi connectivity index (χ0v) is 26.7. The van der Waals surface area contributed by atoms with E-state index in [1.54, 1.807) is 0 Å². The smallest absolute Gasteiger partial charge is 0.160 e. The largest absolute Gasteiger partial charge is 0.456 e. The highest BCUT2D eigenvalue weighted by atomic mass is 16.3. The molecule has 0 N–H and O–H groups in total. The van der Waals surface area contributed by atoms with E-state index in [1.165, 1.54) is 0 Å². The Hall–Kier alpha value is -6.85. The molecule has 4 heterocycles. The molecule has 0 atom stereocenters. The van der Waals surface area contributed by atoms with Crippen molar-refractivity contribution in [3.05, 3.63) is 164 Å². The van der Waals surface area contributed by atoms with E-state index in [-0.39, 0.29) is 0 Å². The van der Waals surface area contributed by atoms with E-state index in [0.29, 0.717) is 5.82 Å². The van der Waals surface area contributed by atoms with Gasteiger partial charge in [0.05, 0.1) is 17.1 Å². The number of hydrogen-bond acceptors (Lipinski definition) is 5. The van der Waals surface area contributed by atoms with Gasteiger partial charge in [-0.15, -0.1) is 0 Å². The van der Waals surface area contributed by atoms with Crippen molar-refractivity contribution in [2.24, 2.45) is 0 Å². The van der Waals surface area contributed by atoms with Crippen LogP contribution in [0.5, 0.6) is 0 Å². The molecule has 4 aromatic heterocycles. The van der Waals surface area contributed by atoms with Gasteiger partial charge in [0.25, 0.3) is 0 Å². The van der Waals surface area contributed by atoms with Crippen LogP contribution in [0.3, 0.4) is 0 Å². The molecule has 10 rings (SSSR count). The van der Waals surface area contributed by atoms with E-state index in [9.17, 15) is 0 Å². The third-order valence-electron chi connectivity index (χ3n) is 9.39. The van der Waals surface area contributed by atoms with Crippen molar-refractivity contribution in [2.45, 2.75) is 0 Å². The Labute approximate surface area is 287 Å². The van der Waals surface area contributed by atoms with E-state index >= 15 is 0 Å². The molecule has 0 unspecified atom stereocenters. The third-order valence-corrected chi connectivity index (χ3v) is 9.39. The fourth-order valence-electron chi connectivity index (χ4n) is 6.99. The van der Waals surface area contributed by atoms with Crippen LogP contribution in [-0.2, 0) is 0 Å². The summed E-state index contributed by atoms with van der Waals surface area (Å²) >= 11 is 0. The first-order valence-electron chi connectivity index (χ1n) is 16.6. The Kier molecular flexibility index (Phi) is 6.42. The van der Waals surface area contributed by atoms with E-state index in [0.717, 1.165) is 94.3 Å². The van der Waals surface area contributed by atoms with Crippen LogP contribution in [0.25, 0.3) is 100 Å². The normalized spacial score (nSPS) is 11.6. The second-order valence-electron chi connectivity index (χ2n) is 12.4. The molecule has 0 spiro atoms. The summed E-state index contributed by atoms with van der Waals surface area (Å²) in [5.41, 5.74) is 12.1. The van der Waals surface area contributed by atoms with Crippen LogP contribution in [0.15, 0.2) is 173 Å². The van der Waals surface area contributed by atoms with Gasteiger partial charge >= 0.3 is 0 Å². The summed E-state index contributed by atoms with van der Waals surface area (Å²) in [5.74, 6) is 0.668. The molecule has 6 aromatic carbocycles. The Morgan fingerprint density at radius 2 is 1.00 bits per heavy atom. The van der Waals surface area contributed by atoms with E-state index in [2.05, 4.69) is 72.8 Å². The molecule has 10 aromatic rings. The first-order valence-corrected chi connectivity index (χ1v) is 16.6. The predicted molar refractivity (Wildman–Crippen MR) is 202 cm³/mol. The van der Waals surface area contributed by atoms with Gasteiger partial charge in [-0.25, -0.2) is 9.97 Å². The molecule has 0 saturated carbocycles. The second-order valence-corrected chi connectivity index (χ2v) is 12.4. The van der Waals surface area contributed by atoms with Crippen molar-refractivity contribution in [1.82, 2.24) is 15.0 Å². The highest BCUT2D eigenvalue weighted by Gasteiger charge is 2.17. The minimum atomic E-state index is 0.668. The number of pyridine rings is 1. The SMILES string of the molecule is c1ccc(-c2nc(-c3ccc(-c4cccnc4-c4cccc5oc6ccccc6c45)cc3)cc(-c3ccc4c(c3)oc3ccccc34)n2)cc1. The predicted octanol–water partition coefficient (Wildman–Crippen LogP) is 12.0. The van der Waals surface area contributed by atoms with Crippen molar-refractivity contribution in [2.75, 3.05) is 0 Å². The molecule has 0 aliphatic carbocycles. The van der Waals surface area contributed by atoms with Gasteiger partial charge in [0.1, 0.15) is 22.3 Å². The van der Waals surface area contributed by atoms with E-state index in [1.807, 2.05) is 91.1 Å². The topological polar surface area (TPSA) is 65.0 Å². The lowest BCUT2D eigenvalue weighted by Gasteiger charge is -2.12. The van der Waals surface area contributed by atoms with Gasteiger partial charge in [0.2, 0.25) is 0 Å². The molecule has 0 amide bonds. The molecular formula is C45H27N3O2. The summed E-state index contributed by atoms with van der Waals surface area (Å²) in [7, 11) is 0. The maximum Gasteiger partial charge on any atom is 0.160 e. The zero-order chi connectivity index (χ0) is 33.0. The molecule has 5 heteroatoms. The molecule has 0 saturated heterocycles. The fourth-order valence-corrected chi connectivity index (χ4v) is 6.99. The summed E-state index contributed by atoms with van der Waals surface area (Å²) in [5, 5.41) is 4.35. The number of benzene rings is 6. The lowest BCUT2D eigenvalue weighted by Crippen LogP contribution is -1.96. The lowest BCUT2D eigenvalue weighted by atomic mass is 9.95. The maximum atomic E-state index is 6.23. The van der Waals surface area contributed by atoms with Crippen LogP contribution in [0.2, 0.25) is 0 Å². The number of fused-ring (bicyclic) bond motifs is 6. The van der Waals surface area contributed by atoms with Gasteiger partial charge in [-0.05, 0) is 48.0 Å². The number of para-hydroxylation sites is 2. The third kappa shape index (κ3) is 4.67. The maximum absolute atomic E-state index is 6.23. The Morgan fingerprint density at radius 3 is 1.84 bits per heavy atom. The molecule has 0 aliphatic heterocycles. The quantitative estimate of drug-likeness (QED) is 0.187. The molecule has 5 nitrogen and oxygen atoms in total. The molecule has 0 bridgehead atoms. The van der Waals surface area contributed by atoms with Crippen LogP contribution >= 0.6 is 0 Å². The van der Waals surface area contributed by atoms with Gasteiger partial charge < -0.3 is 8.83 Å². The number of nitrogens with zero attached hydrogens (tertiary/aromatic N) is 3. The lowest BCUT2D eigenvalue weighted by molar-refractivity contribution is 0.668. The first kappa shape index (κ1) is 28.2. The van der Waals surface area contributed by atoms with Crippen molar-refractivity contribution < 1.29 is 8.83 Å². The molecular weight excluding hydrogens is 615 g/mol. The fraction of sp³-hybridized carbons (Fsp3) is 0. The zero-order valence-electron chi connectivity index (χ0n) is 26.7. The van der Waals surface area contributed by atoms with Crippen molar-refractivity contribution in [1.29, 1.82) is 0 Å². The molecule has 234 valence electrons. The average molecular weight is 642 g/mol. The Morgan fingerprint density at radius 1 is 0.380 bits per heavy atom. The van der Waals surface area contributed by atoms with Gasteiger partial charge in [0.15, 0.2) is 5.82 Å². The summed E-state index contributed by atoms with van der Waals surface area (Å²) < 4.78 is 12.4. The van der Waals surface area contributed by atoms with Crippen LogP contribution in [0, 0.1) is 0 Å². The molecule has 0 fully saturated rings. The Balaban J connectivity index is 1.08. The van der Waals surface area contributed by atoms with Crippen molar-refractivity contribution in [3.8, 4) is 56.3 Å². The number of aromatic nitrogens is 3. The van der Waals surface area contributed by atoms with Gasteiger partial charge in [-0.3, -0.25) is 4.98 Å². The number of rotatable bonds is 5. The first-order chi connectivity index (χ1) is 24.8. The monoisotopic (exact) mass is 641 g/mol. The standard InChI is InChI=1S/C45H27N3O2/c1-2-10-30(11-3-1)45-47-37(27-38(48-45)31-23-24-34-33-12-4-6-16-39(33)50-42(34)26-31)29-21-19-28(20-22-29)32-15-9-25-46-44(32)36-14-8-18-41-43(36)35-13-5-7-17-40(35)49-41/h1-27H. The Bertz CT molecular complexity index is 2870. The van der Waals surface area contributed by atoms with Crippen LogP contribution in [0.1, 0.15) is 0 Å². The minimum absolute atomic E-state index is 0.668. The second kappa shape index (κ2) is 11.4. The van der Waals surface area contributed by atoms with Crippen LogP contribution < -0.4 is 0 Å². The highest BCUT2D eigenvalue weighted by molar-refractivity contribution is 6.13. The summed E-state index contributed by atoms with van der Waals surface area (Å²) in [4.78, 5) is 15.0.